The lowest BCUT2D eigenvalue weighted by Crippen LogP contribution is -2.15. The third-order valence-corrected chi connectivity index (χ3v) is 3.04. The molecule has 0 aromatic heterocycles. The molecule has 0 amide bonds. The van der Waals surface area contributed by atoms with E-state index in [0.29, 0.717) is 17.5 Å². The Morgan fingerprint density at radius 3 is 2.76 bits per heavy atom. The van der Waals surface area contributed by atoms with Crippen LogP contribution in [0.1, 0.15) is 32.3 Å². The summed E-state index contributed by atoms with van der Waals surface area (Å²) in [7, 11) is 0. The van der Waals surface area contributed by atoms with E-state index in [1.54, 1.807) is 0 Å². The Morgan fingerprint density at radius 1 is 1.41 bits per heavy atom. The Labute approximate surface area is 108 Å². The number of hydrogen-bond donors (Lipinski definition) is 1. The summed E-state index contributed by atoms with van der Waals surface area (Å²) in [6.45, 7) is 5.86. The molecule has 0 radical (unpaired) electrons. The molecule has 0 spiro atoms. The van der Waals surface area contributed by atoms with E-state index in [-0.39, 0.29) is 0 Å². The van der Waals surface area contributed by atoms with Gasteiger partial charge in [0, 0.05) is 12.6 Å². The summed E-state index contributed by atoms with van der Waals surface area (Å²) < 4.78 is 5.64. The van der Waals surface area contributed by atoms with Gasteiger partial charge in [0.2, 0.25) is 0 Å². The molecule has 1 aromatic rings. The summed E-state index contributed by atoms with van der Waals surface area (Å²) in [5, 5.41) is 4.18. The minimum absolute atomic E-state index is 0.516. The fourth-order valence-corrected chi connectivity index (χ4v) is 1.84. The summed E-state index contributed by atoms with van der Waals surface area (Å²) in [4.78, 5) is 0. The van der Waals surface area contributed by atoms with Crippen LogP contribution in [0.2, 0.25) is 5.02 Å². The van der Waals surface area contributed by atoms with Gasteiger partial charge in [-0.1, -0.05) is 31.5 Å². The lowest BCUT2D eigenvalue weighted by atomic mass is 10.2. The highest BCUT2D eigenvalue weighted by Gasteiger charge is 2.20. The van der Waals surface area contributed by atoms with Gasteiger partial charge in [0.15, 0.2) is 0 Å². The molecule has 1 aromatic carbocycles. The molecule has 1 aliphatic carbocycles. The average molecular weight is 254 g/mol. The maximum absolute atomic E-state index is 6.19. The molecule has 2 rings (SSSR count). The predicted molar refractivity (Wildman–Crippen MR) is 71.6 cm³/mol. The zero-order valence-electron chi connectivity index (χ0n) is 10.5. The van der Waals surface area contributed by atoms with Crippen LogP contribution >= 0.6 is 11.6 Å². The Morgan fingerprint density at radius 2 is 2.18 bits per heavy atom. The van der Waals surface area contributed by atoms with Crippen molar-refractivity contribution in [2.75, 3.05) is 6.61 Å². The van der Waals surface area contributed by atoms with Crippen LogP contribution in [0.5, 0.6) is 5.75 Å². The van der Waals surface area contributed by atoms with Crippen molar-refractivity contribution in [3.63, 3.8) is 0 Å². The van der Waals surface area contributed by atoms with E-state index in [1.807, 2.05) is 12.1 Å². The standard InChI is InChI=1S/C14H20ClNO/c1-10(2)9-17-14-6-3-11(7-13(14)15)8-16-12-4-5-12/h3,6-7,10,12,16H,4-5,8-9H2,1-2H3. The lowest BCUT2D eigenvalue weighted by molar-refractivity contribution is 0.271. The van der Waals surface area contributed by atoms with Gasteiger partial charge in [-0.25, -0.2) is 0 Å². The molecule has 17 heavy (non-hydrogen) atoms. The van der Waals surface area contributed by atoms with Gasteiger partial charge in [0.1, 0.15) is 5.75 Å². The normalized spacial score (nSPS) is 15.3. The molecule has 0 unspecified atom stereocenters. The van der Waals surface area contributed by atoms with Crippen LogP contribution in [0.4, 0.5) is 0 Å². The van der Waals surface area contributed by atoms with Crippen LogP contribution < -0.4 is 10.1 Å². The maximum Gasteiger partial charge on any atom is 0.137 e. The first-order valence-corrected chi connectivity index (χ1v) is 6.67. The molecule has 3 heteroatoms. The van der Waals surface area contributed by atoms with Gasteiger partial charge in [0.25, 0.3) is 0 Å². The minimum atomic E-state index is 0.516. The number of benzene rings is 1. The van der Waals surface area contributed by atoms with Crippen molar-refractivity contribution in [3.8, 4) is 5.75 Å². The second-order valence-electron chi connectivity index (χ2n) is 5.12. The fourth-order valence-electron chi connectivity index (χ4n) is 1.58. The summed E-state index contributed by atoms with van der Waals surface area (Å²) in [6, 6.07) is 6.77. The van der Waals surface area contributed by atoms with Crippen LogP contribution in [-0.4, -0.2) is 12.6 Å². The summed E-state index contributed by atoms with van der Waals surface area (Å²) in [5.74, 6) is 1.30. The van der Waals surface area contributed by atoms with Crippen LogP contribution in [0.3, 0.4) is 0 Å². The molecule has 2 nitrogen and oxygen atoms in total. The Hall–Kier alpha value is -0.730. The van der Waals surface area contributed by atoms with E-state index in [0.717, 1.165) is 18.3 Å². The van der Waals surface area contributed by atoms with E-state index in [2.05, 4.69) is 25.2 Å². The first kappa shape index (κ1) is 12.7. The van der Waals surface area contributed by atoms with Gasteiger partial charge in [-0.2, -0.15) is 0 Å². The van der Waals surface area contributed by atoms with E-state index in [4.69, 9.17) is 16.3 Å². The molecule has 0 heterocycles. The number of nitrogens with one attached hydrogen (secondary N) is 1. The fraction of sp³-hybridized carbons (Fsp3) is 0.571. The first-order chi connectivity index (χ1) is 8.15. The van der Waals surface area contributed by atoms with E-state index < -0.39 is 0 Å². The van der Waals surface area contributed by atoms with E-state index in [1.165, 1.54) is 18.4 Å². The Kier molecular flexibility index (Phi) is 4.30. The van der Waals surface area contributed by atoms with Crippen LogP contribution in [-0.2, 0) is 6.54 Å². The van der Waals surface area contributed by atoms with Gasteiger partial charge < -0.3 is 10.1 Å². The molecule has 1 saturated carbocycles. The van der Waals surface area contributed by atoms with Crippen LogP contribution in [0.15, 0.2) is 18.2 Å². The quantitative estimate of drug-likeness (QED) is 0.836. The van der Waals surface area contributed by atoms with Gasteiger partial charge in [-0.3, -0.25) is 0 Å². The van der Waals surface area contributed by atoms with Crippen molar-refractivity contribution in [1.82, 2.24) is 5.32 Å². The van der Waals surface area contributed by atoms with Gasteiger partial charge in [-0.05, 0) is 36.5 Å². The second kappa shape index (κ2) is 5.74. The maximum atomic E-state index is 6.19. The number of halogens is 1. The summed E-state index contributed by atoms with van der Waals surface area (Å²) >= 11 is 6.19. The molecule has 1 aliphatic rings. The highest BCUT2D eigenvalue weighted by molar-refractivity contribution is 6.32. The Balaban J connectivity index is 1.90. The monoisotopic (exact) mass is 253 g/mol. The highest BCUT2D eigenvalue weighted by Crippen LogP contribution is 2.26. The Bertz CT molecular complexity index is 374. The molecule has 1 fully saturated rings. The SMILES string of the molecule is CC(C)COc1ccc(CNC2CC2)cc1Cl. The molecule has 94 valence electrons. The van der Waals surface area contributed by atoms with Crippen molar-refractivity contribution in [1.29, 1.82) is 0 Å². The van der Waals surface area contributed by atoms with Gasteiger partial charge in [0.05, 0.1) is 11.6 Å². The molecule has 0 saturated heterocycles. The van der Waals surface area contributed by atoms with Crippen molar-refractivity contribution >= 4 is 11.6 Å². The van der Waals surface area contributed by atoms with Gasteiger partial charge in [-0.15, -0.1) is 0 Å². The predicted octanol–water partition coefficient (Wildman–Crippen LogP) is 3.63. The number of ether oxygens (including phenoxy) is 1. The topological polar surface area (TPSA) is 21.3 Å². The number of rotatable bonds is 6. The highest BCUT2D eigenvalue weighted by atomic mass is 35.5. The smallest absolute Gasteiger partial charge is 0.137 e. The lowest BCUT2D eigenvalue weighted by Gasteiger charge is -2.11. The van der Waals surface area contributed by atoms with E-state index in [9.17, 15) is 0 Å². The average Bonchev–Trinajstić information content (AvgIpc) is 3.08. The molecule has 0 aliphatic heterocycles. The molecular formula is C14H20ClNO. The molecule has 1 N–H and O–H groups in total. The van der Waals surface area contributed by atoms with Crippen molar-refractivity contribution < 1.29 is 4.74 Å². The zero-order chi connectivity index (χ0) is 12.3. The third-order valence-electron chi connectivity index (χ3n) is 2.74. The second-order valence-corrected chi connectivity index (χ2v) is 5.53. The van der Waals surface area contributed by atoms with E-state index >= 15 is 0 Å². The van der Waals surface area contributed by atoms with Gasteiger partial charge >= 0.3 is 0 Å². The summed E-state index contributed by atoms with van der Waals surface area (Å²) in [5.41, 5.74) is 1.22. The van der Waals surface area contributed by atoms with Crippen molar-refractivity contribution in [2.45, 2.75) is 39.3 Å². The molecule has 0 atom stereocenters. The largest absolute Gasteiger partial charge is 0.492 e. The first-order valence-electron chi connectivity index (χ1n) is 6.30. The minimum Gasteiger partial charge on any atom is -0.492 e. The third kappa shape index (κ3) is 4.21. The van der Waals surface area contributed by atoms with Crippen LogP contribution in [0.25, 0.3) is 0 Å². The van der Waals surface area contributed by atoms with Crippen molar-refractivity contribution in [3.05, 3.63) is 28.8 Å². The number of hydrogen-bond acceptors (Lipinski definition) is 2. The summed E-state index contributed by atoms with van der Waals surface area (Å²) in [6.07, 6.45) is 2.62. The molecule has 0 bridgehead atoms. The van der Waals surface area contributed by atoms with Crippen molar-refractivity contribution in [2.24, 2.45) is 5.92 Å². The zero-order valence-corrected chi connectivity index (χ0v) is 11.3. The van der Waals surface area contributed by atoms with Crippen LogP contribution in [0, 0.1) is 5.92 Å². The molecular weight excluding hydrogens is 234 g/mol.